The lowest BCUT2D eigenvalue weighted by atomic mass is 10.1. The van der Waals surface area contributed by atoms with Crippen molar-refractivity contribution in [2.24, 2.45) is 5.84 Å². The molecule has 0 spiro atoms. The van der Waals surface area contributed by atoms with Crippen LogP contribution >= 0.6 is 0 Å². The molecule has 0 bridgehead atoms. The summed E-state index contributed by atoms with van der Waals surface area (Å²) in [5.41, 5.74) is 4.94. The van der Waals surface area contributed by atoms with E-state index in [0.29, 0.717) is 22.7 Å². The highest BCUT2D eigenvalue weighted by atomic mass is 16.5. The Bertz CT molecular complexity index is 628. The number of amides is 1. The van der Waals surface area contributed by atoms with Gasteiger partial charge in [-0.05, 0) is 30.7 Å². The Kier molecular flexibility index (Phi) is 4.17. The molecule has 0 saturated carbocycles. The van der Waals surface area contributed by atoms with Crippen molar-refractivity contribution in [1.29, 1.82) is 0 Å². The zero-order valence-electron chi connectivity index (χ0n) is 11.3. The predicted molar refractivity (Wildman–Crippen MR) is 77.7 cm³/mol. The lowest BCUT2D eigenvalue weighted by Gasteiger charge is -2.12. The van der Waals surface area contributed by atoms with Crippen molar-refractivity contribution in [2.75, 3.05) is 17.9 Å². The van der Waals surface area contributed by atoms with Crippen LogP contribution in [0, 0.1) is 6.92 Å². The average Bonchev–Trinajstić information content (AvgIpc) is 2.47. The summed E-state index contributed by atoms with van der Waals surface area (Å²) < 4.78 is 5.23. The lowest BCUT2D eigenvalue weighted by Crippen LogP contribution is -2.17. The third-order valence-electron chi connectivity index (χ3n) is 2.82. The molecule has 2 rings (SSSR count). The Morgan fingerprint density at radius 3 is 2.80 bits per heavy atom. The molecule has 0 fully saturated rings. The first kappa shape index (κ1) is 13.8. The van der Waals surface area contributed by atoms with Crippen LogP contribution in [0.15, 0.2) is 36.7 Å². The Hall–Kier alpha value is -2.60. The van der Waals surface area contributed by atoms with Crippen LogP contribution < -0.4 is 21.3 Å². The number of methoxy groups -OCH3 is 1. The summed E-state index contributed by atoms with van der Waals surface area (Å²) in [6.45, 7) is 1.94. The topological polar surface area (TPSA) is 89.3 Å². The monoisotopic (exact) mass is 272 g/mol. The van der Waals surface area contributed by atoms with E-state index in [9.17, 15) is 4.79 Å². The van der Waals surface area contributed by atoms with Crippen LogP contribution in [0.2, 0.25) is 0 Å². The van der Waals surface area contributed by atoms with Crippen molar-refractivity contribution in [3.8, 4) is 5.75 Å². The number of carbonyl (C=O) groups excluding carboxylic acids is 1. The number of hydrazine groups is 1. The Morgan fingerprint density at radius 1 is 1.30 bits per heavy atom. The van der Waals surface area contributed by atoms with Gasteiger partial charge in [0.25, 0.3) is 5.91 Å². The van der Waals surface area contributed by atoms with Gasteiger partial charge in [-0.25, -0.2) is 0 Å². The van der Waals surface area contributed by atoms with Crippen LogP contribution in [-0.4, -0.2) is 18.0 Å². The van der Waals surface area contributed by atoms with E-state index in [4.69, 9.17) is 10.6 Å². The fourth-order valence-electron chi connectivity index (χ4n) is 1.82. The van der Waals surface area contributed by atoms with Crippen LogP contribution in [0.3, 0.4) is 0 Å². The van der Waals surface area contributed by atoms with E-state index in [1.807, 2.05) is 19.1 Å². The van der Waals surface area contributed by atoms with E-state index in [1.54, 1.807) is 19.2 Å². The van der Waals surface area contributed by atoms with E-state index in [2.05, 4.69) is 15.7 Å². The molecule has 1 aromatic heterocycles. The van der Waals surface area contributed by atoms with Gasteiger partial charge in [0.2, 0.25) is 0 Å². The molecule has 1 amide bonds. The second-order valence-corrected chi connectivity index (χ2v) is 4.22. The first-order valence-corrected chi connectivity index (χ1v) is 6.02. The fraction of sp³-hybridized carbons (Fsp3) is 0.143. The lowest BCUT2D eigenvalue weighted by molar-refractivity contribution is 0.102. The predicted octanol–water partition coefficient (Wildman–Crippen LogP) is 1.94. The zero-order chi connectivity index (χ0) is 14.5. The molecular formula is C14H16N4O2. The number of anilines is 2. The minimum Gasteiger partial charge on any atom is -0.495 e. The van der Waals surface area contributed by atoms with Gasteiger partial charge >= 0.3 is 0 Å². The molecule has 0 atom stereocenters. The smallest absolute Gasteiger partial charge is 0.258 e. The molecule has 1 heterocycles. The van der Waals surface area contributed by atoms with Gasteiger partial charge in [-0.15, -0.1) is 0 Å². The molecule has 6 heteroatoms. The number of nitrogens with zero attached hydrogens (tertiary/aromatic N) is 1. The second-order valence-electron chi connectivity index (χ2n) is 4.22. The first-order valence-electron chi connectivity index (χ1n) is 6.02. The maximum Gasteiger partial charge on any atom is 0.258 e. The summed E-state index contributed by atoms with van der Waals surface area (Å²) in [5, 5.41) is 2.81. The van der Waals surface area contributed by atoms with Crippen molar-refractivity contribution < 1.29 is 9.53 Å². The van der Waals surface area contributed by atoms with E-state index in [-0.39, 0.29) is 5.91 Å². The Morgan fingerprint density at radius 2 is 2.10 bits per heavy atom. The number of aromatic nitrogens is 1. The molecule has 0 aliphatic rings. The van der Waals surface area contributed by atoms with Crippen molar-refractivity contribution in [3.05, 3.63) is 47.8 Å². The first-order chi connectivity index (χ1) is 9.65. The van der Waals surface area contributed by atoms with Gasteiger partial charge in [-0.3, -0.25) is 15.6 Å². The molecule has 1 aromatic carbocycles. The van der Waals surface area contributed by atoms with Crippen LogP contribution in [0.25, 0.3) is 0 Å². The van der Waals surface area contributed by atoms with Gasteiger partial charge < -0.3 is 15.5 Å². The standard InChI is InChI=1S/C14H16N4O2/c1-9-3-4-13(20-2)11(7-9)17-14(19)10-5-6-16-8-12(10)18-15/h3-8,18H,15H2,1-2H3,(H,17,19). The number of benzene rings is 1. The molecule has 0 saturated heterocycles. The molecule has 0 aliphatic carbocycles. The van der Waals surface area contributed by atoms with Gasteiger partial charge in [-0.2, -0.15) is 0 Å². The molecule has 0 unspecified atom stereocenters. The summed E-state index contributed by atoms with van der Waals surface area (Å²) in [6.07, 6.45) is 3.02. The summed E-state index contributed by atoms with van der Waals surface area (Å²) in [4.78, 5) is 16.2. The molecule has 6 nitrogen and oxygen atoms in total. The highest BCUT2D eigenvalue weighted by Gasteiger charge is 2.13. The minimum atomic E-state index is -0.288. The van der Waals surface area contributed by atoms with Crippen LogP contribution in [0.4, 0.5) is 11.4 Å². The largest absolute Gasteiger partial charge is 0.495 e. The molecule has 104 valence electrons. The van der Waals surface area contributed by atoms with Crippen LogP contribution in [0.5, 0.6) is 5.75 Å². The van der Waals surface area contributed by atoms with E-state index >= 15 is 0 Å². The number of nitrogen functional groups attached to an aromatic ring is 1. The highest BCUT2D eigenvalue weighted by Crippen LogP contribution is 2.26. The van der Waals surface area contributed by atoms with E-state index in [1.165, 1.54) is 12.4 Å². The van der Waals surface area contributed by atoms with Gasteiger partial charge in [0.05, 0.1) is 30.2 Å². The molecule has 2 aromatic rings. The molecular weight excluding hydrogens is 256 g/mol. The van der Waals surface area contributed by atoms with Crippen molar-refractivity contribution >= 4 is 17.3 Å². The number of nitrogens with one attached hydrogen (secondary N) is 2. The van der Waals surface area contributed by atoms with E-state index < -0.39 is 0 Å². The molecule has 0 radical (unpaired) electrons. The number of hydrogen-bond donors (Lipinski definition) is 3. The Balaban J connectivity index is 2.30. The third kappa shape index (κ3) is 2.86. The maximum atomic E-state index is 12.3. The number of ether oxygens (including phenoxy) is 1. The fourth-order valence-corrected chi connectivity index (χ4v) is 1.82. The van der Waals surface area contributed by atoms with Gasteiger partial charge in [-0.1, -0.05) is 6.07 Å². The minimum absolute atomic E-state index is 0.288. The van der Waals surface area contributed by atoms with E-state index in [0.717, 1.165) is 5.56 Å². The number of hydrogen-bond acceptors (Lipinski definition) is 5. The normalized spacial score (nSPS) is 9.95. The third-order valence-corrected chi connectivity index (χ3v) is 2.82. The Labute approximate surface area is 116 Å². The van der Waals surface area contributed by atoms with Gasteiger partial charge in [0, 0.05) is 6.20 Å². The van der Waals surface area contributed by atoms with Crippen LogP contribution in [-0.2, 0) is 0 Å². The highest BCUT2D eigenvalue weighted by molar-refractivity contribution is 6.08. The average molecular weight is 272 g/mol. The number of pyridine rings is 1. The van der Waals surface area contributed by atoms with Gasteiger partial charge in [0.15, 0.2) is 0 Å². The van der Waals surface area contributed by atoms with Crippen molar-refractivity contribution in [3.63, 3.8) is 0 Å². The molecule has 4 N–H and O–H groups in total. The summed E-state index contributed by atoms with van der Waals surface area (Å²) in [6, 6.07) is 7.15. The quantitative estimate of drug-likeness (QED) is 0.584. The van der Waals surface area contributed by atoms with Crippen molar-refractivity contribution in [2.45, 2.75) is 6.92 Å². The van der Waals surface area contributed by atoms with Crippen molar-refractivity contribution in [1.82, 2.24) is 4.98 Å². The number of carbonyl (C=O) groups is 1. The second kappa shape index (κ2) is 6.03. The van der Waals surface area contributed by atoms with Gasteiger partial charge in [0.1, 0.15) is 5.75 Å². The summed E-state index contributed by atoms with van der Waals surface area (Å²) in [7, 11) is 1.56. The SMILES string of the molecule is COc1ccc(C)cc1NC(=O)c1ccncc1NN. The molecule has 20 heavy (non-hydrogen) atoms. The molecule has 0 aliphatic heterocycles. The number of nitrogens with two attached hydrogens (primary N) is 1. The zero-order valence-corrected chi connectivity index (χ0v) is 11.3. The number of aryl methyl sites for hydroxylation is 1. The summed E-state index contributed by atoms with van der Waals surface area (Å²) >= 11 is 0. The summed E-state index contributed by atoms with van der Waals surface area (Å²) in [5.74, 6) is 5.68. The maximum absolute atomic E-state index is 12.3. The number of rotatable bonds is 4. The van der Waals surface area contributed by atoms with Crippen LogP contribution in [0.1, 0.15) is 15.9 Å².